The number of anilines is 1. The zero-order valence-electron chi connectivity index (χ0n) is 13.8. The van der Waals surface area contributed by atoms with E-state index in [0.29, 0.717) is 13.0 Å². The number of carboxylic acids is 1. The van der Waals surface area contributed by atoms with E-state index in [4.69, 9.17) is 4.74 Å². The number of benzene rings is 1. The van der Waals surface area contributed by atoms with Crippen LogP contribution in [0, 0.1) is 0 Å². The number of nitrogens with one attached hydrogen (secondary N) is 1. The molecule has 8 nitrogen and oxygen atoms in total. The maximum atomic E-state index is 11.8. The molecule has 0 aliphatic rings. The van der Waals surface area contributed by atoms with E-state index >= 15 is 0 Å². The van der Waals surface area contributed by atoms with Gasteiger partial charge in [0.15, 0.2) is 11.5 Å². The first kappa shape index (κ1) is 17.5. The summed E-state index contributed by atoms with van der Waals surface area (Å²) < 4.78 is 6.35. The molecule has 0 atom stereocenters. The first-order valence-corrected chi connectivity index (χ1v) is 7.47. The average Bonchev–Trinajstić information content (AvgIpc) is 2.87. The van der Waals surface area contributed by atoms with E-state index in [-0.39, 0.29) is 11.5 Å². The van der Waals surface area contributed by atoms with Crippen molar-refractivity contribution >= 4 is 17.9 Å². The first-order chi connectivity index (χ1) is 11.3. The lowest BCUT2D eigenvalue weighted by Gasteiger charge is -2.19. The molecule has 0 spiro atoms. The smallest absolute Gasteiger partial charge is 0.413 e. The molecule has 128 valence electrons. The Morgan fingerprint density at radius 2 is 1.92 bits per heavy atom. The van der Waals surface area contributed by atoms with E-state index in [1.807, 2.05) is 30.3 Å². The number of nitrogens with zero attached hydrogens (tertiary/aromatic N) is 3. The molecule has 1 heterocycles. The summed E-state index contributed by atoms with van der Waals surface area (Å²) in [5, 5.41) is 19.3. The van der Waals surface area contributed by atoms with Gasteiger partial charge in [-0.2, -0.15) is 0 Å². The van der Waals surface area contributed by atoms with Crippen LogP contribution >= 0.6 is 0 Å². The van der Waals surface area contributed by atoms with Crippen LogP contribution in [-0.4, -0.2) is 37.8 Å². The molecule has 0 unspecified atom stereocenters. The lowest BCUT2D eigenvalue weighted by Crippen LogP contribution is -2.28. The van der Waals surface area contributed by atoms with Crippen molar-refractivity contribution in [3.8, 4) is 0 Å². The van der Waals surface area contributed by atoms with Crippen molar-refractivity contribution in [2.45, 2.75) is 39.3 Å². The minimum atomic E-state index is -1.22. The van der Waals surface area contributed by atoms with Crippen LogP contribution < -0.4 is 5.32 Å². The zero-order chi connectivity index (χ0) is 17.7. The lowest BCUT2D eigenvalue weighted by molar-refractivity contribution is 0.0635. The highest BCUT2D eigenvalue weighted by molar-refractivity contribution is 5.95. The predicted molar refractivity (Wildman–Crippen MR) is 87.0 cm³/mol. The van der Waals surface area contributed by atoms with Gasteiger partial charge >= 0.3 is 12.1 Å². The van der Waals surface area contributed by atoms with Crippen LogP contribution in [0.4, 0.5) is 10.6 Å². The lowest BCUT2D eigenvalue weighted by atomic mass is 10.1. The number of amides is 1. The summed E-state index contributed by atoms with van der Waals surface area (Å²) in [7, 11) is 0. The Bertz CT molecular complexity index is 719. The Morgan fingerprint density at radius 1 is 1.25 bits per heavy atom. The second-order valence-electron chi connectivity index (χ2n) is 6.18. The van der Waals surface area contributed by atoms with Crippen LogP contribution in [0.2, 0.25) is 0 Å². The molecule has 8 heteroatoms. The molecule has 0 saturated carbocycles. The minimum Gasteiger partial charge on any atom is -0.476 e. The highest BCUT2D eigenvalue weighted by Crippen LogP contribution is 2.15. The highest BCUT2D eigenvalue weighted by atomic mass is 16.6. The van der Waals surface area contributed by atoms with Crippen LogP contribution in [0.3, 0.4) is 0 Å². The Balaban J connectivity index is 2.12. The Kier molecular flexibility index (Phi) is 5.18. The number of aromatic nitrogens is 3. The summed E-state index contributed by atoms with van der Waals surface area (Å²) in [5.41, 5.74) is 0.166. The third kappa shape index (κ3) is 4.80. The third-order valence-electron chi connectivity index (χ3n) is 3.01. The third-order valence-corrected chi connectivity index (χ3v) is 3.01. The normalized spacial score (nSPS) is 11.1. The first-order valence-electron chi connectivity index (χ1n) is 7.47. The zero-order valence-corrected chi connectivity index (χ0v) is 13.8. The number of carboxylic acid groups (broad SMARTS) is 1. The molecule has 0 aliphatic carbocycles. The monoisotopic (exact) mass is 332 g/mol. The Hall–Kier alpha value is -2.90. The molecular formula is C16H20N4O4. The van der Waals surface area contributed by atoms with Crippen LogP contribution in [0.5, 0.6) is 0 Å². The maximum absolute atomic E-state index is 11.8. The number of carbonyl (C=O) groups is 2. The van der Waals surface area contributed by atoms with Gasteiger partial charge in [-0.1, -0.05) is 35.5 Å². The van der Waals surface area contributed by atoms with E-state index in [9.17, 15) is 14.7 Å². The molecule has 2 aromatic rings. The number of rotatable bonds is 5. The Morgan fingerprint density at radius 3 is 2.50 bits per heavy atom. The number of aromatic carboxylic acids is 1. The molecule has 0 bridgehead atoms. The standard InChI is InChI=1S/C16H20N4O4/c1-16(2,3)24-15(23)17-13-12(14(21)22)20(19-18-13)10-9-11-7-5-4-6-8-11/h4-8H,9-10H2,1-3H3,(H,17,23)(H,21,22). The molecule has 0 saturated heterocycles. The summed E-state index contributed by atoms with van der Waals surface area (Å²) in [6.45, 7) is 5.46. The minimum absolute atomic E-state index is 0.134. The molecule has 1 aromatic heterocycles. The van der Waals surface area contributed by atoms with Crippen LogP contribution in [0.15, 0.2) is 30.3 Å². The molecule has 2 rings (SSSR count). The van der Waals surface area contributed by atoms with Gasteiger partial charge in [-0.05, 0) is 32.8 Å². The summed E-state index contributed by atoms with van der Waals surface area (Å²) in [6.07, 6.45) is -0.184. The fourth-order valence-corrected chi connectivity index (χ4v) is 2.05. The highest BCUT2D eigenvalue weighted by Gasteiger charge is 2.24. The average molecular weight is 332 g/mol. The van der Waals surface area contributed by atoms with Crippen molar-refractivity contribution in [3.63, 3.8) is 0 Å². The van der Waals surface area contributed by atoms with Crippen molar-refractivity contribution < 1.29 is 19.4 Å². The summed E-state index contributed by atoms with van der Waals surface area (Å²) >= 11 is 0. The van der Waals surface area contributed by atoms with Crippen molar-refractivity contribution in [1.82, 2.24) is 15.0 Å². The number of carbonyl (C=O) groups excluding carboxylic acids is 1. The molecule has 1 amide bonds. The van der Waals surface area contributed by atoms with Crippen LogP contribution in [0.25, 0.3) is 0 Å². The second kappa shape index (κ2) is 7.12. The van der Waals surface area contributed by atoms with Crippen molar-refractivity contribution in [2.75, 3.05) is 5.32 Å². The molecular weight excluding hydrogens is 312 g/mol. The van der Waals surface area contributed by atoms with Gasteiger partial charge in [0.05, 0.1) is 0 Å². The largest absolute Gasteiger partial charge is 0.476 e. The molecule has 1 aromatic carbocycles. The van der Waals surface area contributed by atoms with Crippen molar-refractivity contribution in [3.05, 3.63) is 41.6 Å². The van der Waals surface area contributed by atoms with Gasteiger partial charge in [-0.15, -0.1) is 5.10 Å². The molecule has 2 N–H and O–H groups in total. The van der Waals surface area contributed by atoms with E-state index in [1.165, 1.54) is 4.68 Å². The summed E-state index contributed by atoms with van der Waals surface area (Å²) in [4.78, 5) is 23.3. The van der Waals surface area contributed by atoms with E-state index in [0.717, 1.165) is 5.56 Å². The molecule has 0 aliphatic heterocycles. The van der Waals surface area contributed by atoms with Gasteiger partial charge in [-0.3, -0.25) is 5.32 Å². The van der Waals surface area contributed by atoms with Crippen LogP contribution in [-0.2, 0) is 17.7 Å². The van der Waals surface area contributed by atoms with Gasteiger partial charge in [-0.25, -0.2) is 14.3 Å². The van der Waals surface area contributed by atoms with Gasteiger partial charge in [0.1, 0.15) is 5.60 Å². The number of hydrogen-bond acceptors (Lipinski definition) is 5. The fourth-order valence-electron chi connectivity index (χ4n) is 2.05. The topological polar surface area (TPSA) is 106 Å². The predicted octanol–water partition coefficient (Wildman–Crippen LogP) is 2.57. The quantitative estimate of drug-likeness (QED) is 0.871. The number of ether oxygens (including phenoxy) is 1. The number of aryl methyl sites for hydroxylation is 2. The molecule has 24 heavy (non-hydrogen) atoms. The van der Waals surface area contributed by atoms with Gasteiger partial charge in [0.25, 0.3) is 0 Å². The summed E-state index contributed by atoms with van der Waals surface area (Å²) in [6, 6.07) is 9.60. The van der Waals surface area contributed by atoms with E-state index in [2.05, 4.69) is 15.6 Å². The van der Waals surface area contributed by atoms with Gasteiger partial charge in [0.2, 0.25) is 0 Å². The summed E-state index contributed by atoms with van der Waals surface area (Å²) in [5.74, 6) is -1.36. The van der Waals surface area contributed by atoms with E-state index < -0.39 is 17.7 Å². The molecule has 0 fully saturated rings. The van der Waals surface area contributed by atoms with Crippen LogP contribution in [0.1, 0.15) is 36.8 Å². The van der Waals surface area contributed by atoms with Crippen molar-refractivity contribution in [1.29, 1.82) is 0 Å². The van der Waals surface area contributed by atoms with Crippen molar-refractivity contribution in [2.24, 2.45) is 0 Å². The van der Waals surface area contributed by atoms with Gasteiger partial charge in [0, 0.05) is 6.54 Å². The number of hydrogen-bond donors (Lipinski definition) is 2. The fraction of sp³-hybridized carbons (Fsp3) is 0.375. The Labute approximate surface area is 139 Å². The molecule has 0 radical (unpaired) electrons. The maximum Gasteiger partial charge on any atom is 0.413 e. The van der Waals surface area contributed by atoms with Gasteiger partial charge < -0.3 is 9.84 Å². The second-order valence-corrected chi connectivity index (χ2v) is 6.18. The SMILES string of the molecule is CC(C)(C)OC(=O)Nc1nnn(CCc2ccccc2)c1C(=O)O. The van der Waals surface area contributed by atoms with E-state index in [1.54, 1.807) is 20.8 Å².